The van der Waals surface area contributed by atoms with Crippen molar-refractivity contribution in [3.8, 4) is 0 Å². The fraction of sp³-hybridized carbons (Fsp3) is 0.300. The molecule has 0 unspecified atom stereocenters. The van der Waals surface area contributed by atoms with E-state index >= 15 is 0 Å². The number of carbonyl (C=O) groups is 1. The molecule has 0 aromatic heterocycles. The molecule has 2 rings (SSSR count). The van der Waals surface area contributed by atoms with E-state index < -0.39 is 0 Å². The summed E-state index contributed by atoms with van der Waals surface area (Å²) in [6.45, 7) is 4.47. The van der Waals surface area contributed by atoms with Crippen LogP contribution in [0.25, 0.3) is 0 Å². The Morgan fingerprint density at radius 2 is 1.74 bits per heavy atom. The van der Waals surface area contributed by atoms with E-state index in [9.17, 15) is 13.6 Å². The monoisotopic (exact) mass is 374 g/mol. The minimum absolute atomic E-state index is 0.00254. The van der Waals surface area contributed by atoms with Gasteiger partial charge in [-0.15, -0.1) is 0 Å². The van der Waals surface area contributed by atoms with Crippen LogP contribution in [0, 0.1) is 11.6 Å². The first kappa shape index (κ1) is 20.4. The molecule has 0 aliphatic carbocycles. The van der Waals surface area contributed by atoms with Crippen LogP contribution in [-0.4, -0.2) is 32.0 Å². The summed E-state index contributed by atoms with van der Waals surface area (Å²) in [4.78, 5) is 16.1. The van der Waals surface area contributed by atoms with Crippen LogP contribution in [0.15, 0.2) is 53.5 Å². The molecule has 0 spiro atoms. The lowest BCUT2D eigenvalue weighted by atomic mass is 9.84. The van der Waals surface area contributed by atoms with Crippen molar-refractivity contribution in [1.82, 2.24) is 10.6 Å². The van der Waals surface area contributed by atoms with Crippen LogP contribution < -0.4 is 16.0 Å². The summed E-state index contributed by atoms with van der Waals surface area (Å²) in [5.74, 6) is -0.472. The minimum atomic E-state index is -0.364. The largest absolute Gasteiger partial charge is 0.356 e. The summed E-state index contributed by atoms with van der Waals surface area (Å²) in [7, 11) is 1.60. The molecule has 27 heavy (non-hydrogen) atoms. The number of nitrogens with one attached hydrogen (secondary N) is 3. The molecule has 7 heteroatoms. The van der Waals surface area contributed by atoms with Gasteiger partial charge in [-0.2, -0.15) is 0 Å². The standard InChI is InChI=1S/C20H24F2N4O/c1-20(2,14-5-4-6-16(22)11-14)13-25-19(23-3)24-12-18(27)26-17-9-7-15(21)8-10-17/h4-11H,12-13H2,1-3H3,(H,26,27)(H2,23,24,25). The van der Waals surface area contributed by atoms with E-state index in [1.807, 2.05) is 19.9 Å². The summed E-state index contributed by atoms with van der Waals surface area (Å²) >= 11 is 0. The van der Waals surface area contributed by atoms with Crippen molar-refractivity contribution in [2.75, 3.05) is 25.5 Å². The first-order chi connectivity index (χ1) is 12.8. The third kappa shape index (κ3) is 6.36. The number of nitrogens with zero attached hydrogens (tertiary/aromatic N) is 1. The first-order valence-corrected chi connectivity index (χ1v) is 8.56. The molecule has 0 saturated heterocycles. The topological polar surface area (TPSA) is 65.5 Å². The highest BCUT2D eigenvalue weighted by Crippen LogP contribution is 2.22. The molecule has 1 amide bonds. The van der Waals surface area contributed by atoms with Gasteiger partial charge in [0.2, 0.25) is 5.91 Å². The Kier molecular flexibility index (Phi) is 6.87. The lowest BCUT2D eigenvalue weighted by Gasteiger charge is -2.26. The number of halogens is 2. The van der Waals surface area contributed by atoms with Crippen LogP contribution in [0.3, 0.4) is 0 Å². The van der Waals surface area contributed by atoms with Crippen LogP contribution in [0.2, 0.25) is 0 Å². The van der Waals surface area contributed by atoms with Crippen molar-refractivity contribution in [2.45, 2.75) is 19.3 Å². The third-order valence-corrected chi connectivity index (χ3v) is 4.07. The smallest absolute Gasteiger partial charge is 0.243 e. The zero-order chi connectivity index (χ0) is 19.9. The molecule has 3 N–H and O–H groups in total. The van der Waals surface area contributed by atoms with Crippen LogP contribution in [0.5, 0.6) is 0 Å². The normalized spacial score (nSPS) is 11.8. The molecule has 0 atom stereocenters. The molecule has 0 aliphatic rings. The molecular weight excluding hydrogens is 350 g/mol. The number of aliphatic imine (C=N–C) groups is 1. The predicted octanol–water partition coefficient (Wildman–Crippen LogP) is 3.05. The van der Waals surface area contributed by atoms with E-state index in [2.05, 4.69) is 20.9 Å². The van der Waals surface area contributed by atoms with Crippen molar-refractivity contribution in [3.63, 3.8) is 0 Å². The predicted molar refractivity (Wildman–Crippen MR) is 104 cm³/mol. The number of benzene rings is 2. The zero-order valence-electron chi connectivity index (χ0n) is 15.6. The zero-order valence-corrected chi connectivity index (χ0v) is 15.6. The number of guanidine groups is 1. The Bertz CT molecular complexity index is 804. The van der Waals surface area contributed by atoms with Gasteiger partial charge in [0, 0.05) is 24.7 Å². The maximum absolute atomic E-state index is 13.5. The van der Waals surface area contributed by atoms with Crippen molar-refractivity contribution in [3.05, 3.63) is 65.7 Å². The lowest BCUT2D eigenvalue weighted by molar-refractivity contribution is -0.115. The molecule has 5 nitrogen and oxygen atoms in total. The Balaban J connectivity index is 1.84. The molecule has 2 aromatic rings. The van der Waals surface area contributed by atoms with Gasteiger partial charge in [-0.05, 0) is 42.0 Å². The third-order valence-electron chi connectivity index (χ3n) is 4.07. The van der Waals surface area contributed by atoms with E-state index in [1.165, 1.54) is 36.4 Å². The highest BCUT2D eigenvalue weighted by atomic mass is 19.1. The van der Waals surface area contributed by atoms with E-state index in [4.69, 9.17) is 0 Å². The summed E-state index contributed by atoms with van der Waals surface area (Å²) in [6, 6.07) is 12.0. The Morgan fingerprint density at radius 1 is 1.04 bits per heavy atom. The Morgan fingerprint density at radius 3 is 2.37 bits per heavy atom. The summed E-state index contributed by atoms with van der Waals surface area (Å²) in [6.07, 6.45) is 0. The van der Waals surface area contributed by atoms with E-state index in [0.29, 0.717) is 18.2 Å². The van der Waals surface area contributed by atoms with Gasteiger partial charge >= 0.3 is 0 Å². The van der Waals surface area contributed by atoms with Gasteiger partial charge in [0.05, 0.1) is 6.54 Å². The van der Waals surface area contributed by atoms with E-state index in [0.717, 1.165) is 5.56 Å². The van der Waals surface area contributed by atoms with Gasteiger partial charge in [0.15, 0.2) is 5.96 Å². The molecule has 0 bridgehead atoms. The Labute approximate surface area is 157 Å². The van der Waals surface area contributed by atoms with Crippen molar-refractivity contribution < 1.29 is 13.6 Å². The molecule has 0 saturated carbocycles. The van der Waals surface area contributed by atoms with Gasteiger partial charge in [-0.3, -0.25) is 9.79 Å². The van der Waals surface area contributed by atoms with Crippen molar-refractivity contribution >= 4 is 17.6 Å². The van der Waals surface area contributed by atoms with Gasteiger partial charge in [0.1, 0.15) is 11.6 Å². The maximum atomic E-state index is 13.5. The van der Waals surface area contributed by atoms with Crippen molar-refractivity contribution in [1.29, 1.82) is 0 Å². The second-order valence-corrected chi connectivity index (χ2v) is 6.73. The van der Waals surface area contributed by atoms with Crippen LogP contribution in [0.4, 0.5) is 14.5 Å². The van der Waals surface area contributed by atoms with E-state index in [-0.39, 0.29) is 29.5 Å². The number of amides is 1. The molecule has 0 radical (unpaired) electrons. The molecule has 2 aromatic carbocycles. The quantitative estimate of drug-likeness (QED) is 0.538. The molecular formula is C20H24F2N4O. The number of anilines is 1. The fourth-order valence-electron chi connectivity index (χ4n) is 2.44. The minimum Gasteiger partial charge on any atom is -0.356 e. The second-order valence-electron chi connectivity index (χ2n) is 6.73. The molecule has 0 aliphatic heterocycles. The highest BCUT2D eigenvalue weighted by molar-refractivity contribution is 5.94. The molecule has 0 fully saturated rings. The SMILES string of the molecule is CN=C(NCC(=O)Nc1ccc(F)cc1)NCC(C)(C)c1cccc(F)c1. The van der Waals surface area contributed by atoms with E-state index in [1.54, 1.807) is 13.1 Å². The van der Waals surface area contributed by atoms with Crippen LogP contribution in [0.1, 0.15) is 19.4 Å². The van der Waals surface area contributed by atoms with Gasteiger partial charge in [-0.25, -0.2) is 8.78 Å². The molecule has 144 valence electrons. The number of hydrogen-bond acceptors (Lipinski definition) is 2. The Hall–Kier alpha value is -2.96. The summed E-state index contributed by atoms with van der Waals surface area (Å²) in [5, 5.41) is 8.72. The average molecular weight is 374 g/mol. The summed E-state index contributed by atoms with van der Waals surface area (Å²) in [5.41, 5.74) is 1.04. The van der Waals surface area contributed by atoms with Gasteiger partial charge < -0.3 is 16.0 Å². The fourth-order valence-corrected chi connectivity index (χ4v) is 2.44. The maximum Gasteiger partial charge on any atom is 0.243 e. The first-order valence-electron chi connectivity index (χ1n) is 8.56. The highest BCUT2D eigenvalue weighted by Gasteiger charge is 2.21. The van der Waals surface area contributed by atoms with Gasteiger partial charge in [-0.1, -0.05) is 26.0 Å². The van der Waals surface area contributed by atoms with Crippen molar-refractivity contribution in [2.24, 2.45) is 4.99 Å². The molecule has 0 heterocycles. The number of hydrogen-bond donors (Lipinski definition) is 3. The lowest BCUT2D eigenvalue weighted by Crippen LogP contribution is -2.45. The second kappa shape index (κ2) is 9.12. The summed E-state index contributed by atoms with van der Waals surface area (Å²) < 4.78 is 26.3. The number of rotatable bonds is 6. The van der Waals surface area contributed by atoms with Gasteiger partial charge in [0.25, 0.3) is 0 Å². The average Bonchev–Trinajstić information content (AvgIpc) is 2.64. The van der Waals surface area contributed by atoms with Crippen LogP contribution in [-0.2, 0) is 10.2 Å². The number of carbonyl (C=O) groups excluding carboxylic acids is 1. The van der Waals surface area contributed by atoms with Crippen LogP contribution >= 0.6 is 0 Å².